The second kappa shape index (κ2) is 9.45. The van der Waals surface area contributed by atoms with Crippen LogP contribution in [0.3, 0.4) is 0 Å². The number of rotatable bonds is 10. The van der Waals surface area contributed by atoms with Crippen molar-refractivity contribution in [2.45, 2.75) is 44.8 Å². The van der Waals surface area contributed by atoms with E-state index >= 15 is 0 Å². The minimum Gasteiger partial charge on any atom is -0.486 e. The van der Waals surface area contributed by atoms with Crippen LogP contribution in [0, 0.1) is 0 Å². The summed E-state index contributed by atoms with van der Waals surface area (Å²) in [7, 11) is 0. The monoisotopic (exact) mass is 469 g/mol. The number of aliphatic carboxylic acids is 1. The fourth-order valence-corrected chi connectivity index (χ4v) is 4.18. The number of halogens is 1. The van der Waals surface area contributed by atoms with Gasteiger partial charge >= 0.3 is 5.97 Å². The third-order valence-electron chi connectivity index (χ3n) is 6.03. The number of carbonyl (C=O) groups is 2. The second-order valence-corrected chi connectivity index (χ2v) is 8.97. The van der Waals surface area contributed by atoms with Crippen molar-refractivity contribution in [1.29, 1.82) is 0 Å². The van der Waals surface area contributed by atoms with Gasteiger partial charge in [-0.1, -0.05) is 37.1 Å². The van der Waals surface area contributed by atoms with Gasteiger partial charge in [0.1, 0.15) is 11.9 Å². The van der Waals surface area contributed by atoms with Gasteiger partial charge in [-0.2, -0.15) is 0 Å². The number of carboxylic acids is 1. The van der Waals surface area contributed by atoms with Crippen LogP contribution >= 0.6 is 11.6 Å². The van der Waals surface area contributed by atoms with E-state index in [1.807, 2.05) is 42.6 Å². The molecule has 3 atom stereocenters. The van der Waals surface area contributed by atoms with E-state index < -0.39 is 5.97 Å². The Balaban J connectivity index is 1.39. The smallest absolute Gasteiger partial charge is 0.305 e. The fourth-order valence-electron chi connectivity index (χ4n) is 3.93. The number of nitrogens with zero attached hydrogens (tertiary/aromatic N) is 2. The average molecular weight is 470 g/mol. The van der Waals surface area contributed by atoms with E-state index in [-0.39, 0.29) is 30.5 Å². The van der Waals surface area contributed by atoms with E-state index in [9.17, 15) is 9.59 Å². The largest absolute Gasteiger partial charge is 0.486 e. The molecule has 7 nitrogen and oxygen atoms in total. The number of amides is 1. The summed E-state index contributed by atoms with van der Waals surface area (Å²) in [5, 5.41) is 16.4. The van der Waals surface area contributed by atoms with Crippen molar-refractivity contribution < 1.29 is 19.4 Å². The molecule has 4 rings (SSSR count). The number of carboxylic acid groups (broad SMARTS) is 1. The number of fused-ring (bicyclic) bond motifs is 1. The zero-order chi connectivity index (χ0) is 23.6. The highest BCUT2D eigenvalue weighted by Gasteiger charge is 2.57. The molecule has 2 aromatic carbocycles. The van der Waals surface area contributed by atoms with Crippen molar-refractivity contribution in [3.63, 3.8) is 0 Å². The highest BCUT2D eigenvalue weighted by Crippen LogP contribution is 2.49. The first kappa shape index (κ1) is 23.1. The molecule has 8 heteroatoms. The molecule has 2 N–H and O–H groups in total. The van der Waals surface area contributed by atoms with Crippen LogP contribution in [0.15, 0.2) is 59.8 Å². The zero-order valence-corrected chi connectivity index (χ0v) is 19.5. The predicted molar refractivity (Wildman–Crippen MR) is 127 cm³/mol. The summed E-state index contributed by atoms with van der Waals surface area (Å²) >= 11 is 6.37. The second-order valence-electron chi connectivity index (χ2n) is 8.56. The van der Waals surface area contributed by atoms with Crippen LogP contribution in [0.5, 0.6) is 5.75 Å². The maximum atomic E-state index is 12.2. The Kier molecular flexibility index (Phi) is 6.63. The maximum absolute atomic E-state index is 12.2. The van der Waals surface area contributed by atoms with Crippen molar-refractivity contribution in [2.75, 3.05) is 18.1 Å². The van der Waals surface area contributed by atoms with Gasteiger partial charge < -0.3 is 15.2 Å². The predicted octanol–water partition coefficient (Wildman–Crippen LogP) is 4.70. The number of hydrogen-bond acceptors (Lipinski definition) is 5. The van der Waals surface area contributed by atoms with E-state index in [2.05, 4.69) is 29.2 Å². The van der Waals surface area contributed by atoms with Crippen LogP contribution in [0.25, 0.3) is 0 Å². The first-order valence-corrected chi connectivity index (χ1v) is 11.5. The number of nitrogens with one attached hydrogen (secondary N) is 1. The molecule has 0 bridgehead atoms. The van der Waals surface area contributed by atoms with E-state index in [4.69, 9.17) is 21.4 Å². The van der Waals surface area contributed by atoms with Crippen LogP contribution < -0.4 is 15.1 Å². The first-order valence-electron chi connectivity index (χ1n) is 11.1. The Bertz CT molecular complexity index is 1050. The van der Waals surface area contributed by atoms with Crippen molar-refractivity contribution >= 4 is 29.2 Å². The summed E-state index contributed by atoms with van der Waals surface area (Å²) in [5.41, 5.74) is 2.45. The molecule has 0 radical (unpaired) electrons. The molecule has 1 saturated heterocycles. The molecular formula is C25H28ClN3O4. The van der Waals surface area contributed by atoms with E-state index in [1.54, 1.807) is 12.1 Å². The van der Waals surface area contributed by atoms with Gasteiger partial charge in [-0.05, 0) is 55.3 Å². The van der Waals surface area contributed by atoms with Gasteiger partial charge in [0.2, 0.25) is 0 Å². The van der Waals surface area contributed by atoms with Crippen LogP contribution in [-0.2, 0) is 4.79 Å². The molecule has 0 saturated carbocycles. The molecule has 2 aliphatic rings. The van der Waals surface area contributed by atoms with Crippen LogP contribution in [0.2, 0.25) is 0 Å². The van der Waals surface area contributed by atoms with Crippen molar-refractivity contribution in [3.05, 3.63) is 70.9 Å². The van der Waals surface area contributed by atoms with Crippen molar-refractivity contribution in [1.82, 2.24) is 10.3 Å². The van der Waals surface area contributed by atoms with Crippen molar-refractivity contribution in [2.24, 2.45) is 0 Å². The molecule has 1 fully saturated rings. The minimum absolute atomic E-state index is 0.0533. The summed E-state index contributed by atoms with van der Waals surface area (Å²) in [6.07, 6.45) is 3.50. The Morgan fingerprint density at radius 3 is 2.42 bits per heavy atom. The maximum Gasteiger partial charge on any atom is 0.305 e. The van der Waals surface area contributed by atoms with Gasteiger partial charge in [-0.25, -0.2) is 5.01 Å². The third-order valence-corrected chi connectivity index (χ3v) is 6.54. The number of benzene rings is 2. The molecule has 2 heterocycles. The highest BCUT2D eigenvalue weighted by molar-refractivity contribution is 6.31. The minimum atomic E-state index is -0.942. The van der Waals surface area contributed by atoms with Gasteiger partial charge in [-0.15, -0.1) is 0 Å². The van der Waals surface area contributed by atoms with Gasteiger partial charge in [0, 0.05) is 24.9 Å². The number of carbonyl (C=O) groups excluding carboxylic acids is 1. The lowest BCUT2D eigenvalue weighted by molar-refractivity contribution is -0.136. The topological polar surface area (TPSA) is 81.9 Å². The van der Waals surface area contributed by atoms with Gasteiger partial charge in [-0.3, -0.25) is 14.6 Å². The molecule has 0 aliphatic carbocycles. The van der Waals surface area contributed by atoms with Gasteiger partial charge in [0.15, 0.2) is 0 Å². The van der Waals surface area contributed by atoms with Crippen LogP contribution in [0.1, 0.15) is 55.1 Å². The van der Waals surface area contributed by atoms with Crippen molar-refractivity contribution in [3.8, 4) is 5.75 Å². The fraction of sp³-hybridized carbons (Fsp3) is 0.360. The average Bonchev–Trinajstić information content (AvgIpc) is 3.43. The molecule has 1 amide bonds. The number of anilines is 1. The summed E-state index contributed by atoms with van der Waals surface area (Å²) in [5.74, 6) is -0.456. The zero-order valence-electron chi connectivity index (χ0n) is 18.8. The summed E-state index contributed by atoms with van der Waals surface area (Å²) in [6.45, 7) is 5.26. The normalized spacial score (nSPS) is 21.7. The lowest BCUT2D eigenvalue weighted by atomic mass is 10.0. The number of ether oxygens (including phenoxy) is 1. The van der Waals surface area contributed by atoms with Gasteiger partial charge in [0.05, 0.1) is 22.7 Å². The summed E-state index contributed by atoms with van der Waals surface area (Å²) in [4.78, 5) is 22.8. The van der Waals surface area contributed by atoms with E-state index in [0.717, 1.165) is 41.4 Å². The molecule has 3 unspecified atom stereocenters. The Hall–Kier alpha value is -3.03. The Morgan fingerprint density at radius 1 is 1.18 bits per heavy atom. The highest BCUT2D eigenvalue weighted by atomic mass is 35.5. The molecular weight excluding hydrogens is 442 g/mol. The third kappa shape index (κ3) is 4.99. The van der Waals surface area contributed by atoms with Gasteiger partial charge in [0.25, 0.3) is 5.91 Å². The van der Waals surface area contributed by atoms with E-state index in [1.165, 1.54) is 0 Å². The lowest BCUT2D eigenvalue weighted by Crippen LogP contribution is -2.26. The molecule has 2 aromatic rings. The summed E-state index contributed by atoms with van der Waals surface area (Å²) < 4.78 is 6.29. The lowest BCUT2D eigenvalue weighted by Gasteiger charge is -2.22. The van der Waals surface area contributed by atoms with Crippen LogP contribution in [0.4, 0.5) is 5.69 Å². The SMILES string of the molecule is CCCC(Oc1ccc(N2C=C(Cl)C3(C)CN23)cc1)c1ccc(C(=O)NCCC(=O)O)cc1. The molecule has 2 aliphatic heterocycles. The summed E-state index contributed by atoms with van der Waals surface area (Å²) in [6, 6.07) is 15.2. The standard InChI is InChI=1S/C25H28ClN3O4/c1-3-4-21(17-5-7-18(8-6-17)24(32)27-14-13-23(30)31)33-20-11-9-19(10-12-20)28-15-22(26)25(2)16-29(25)28/h5-12,15,21H,3-4,13-14,16H2,1-2H3,(H,27,32)(H,30,31). The Morgan fingerprint density at radius 2 is 1.88 bits per heavy atom. The molecule has 33 heavy (non-hydrogen) atoms. The van der Waals surface area contributed by atoms with Crippen LogP contribution in [-0.4, -0.2) is 40.6 Å². The molecule has 0 spiro atoms. The Labute approximate surface area is 198 Å². The molecule has 174 valence electrons. The number of hydrazine groups is 1. The van der Waals surface area contributed by atoms with E-state index in [0.29, 0.717) is 5.56 Å². The quantitative estimate of drug-likeness (QED) is 0.491. The molecule has 0 aromatic heterocycles. The number of hydrogen-bond donors (Lipinski definition) is 2. The first-order chi connectivity index (χ1) is 15.8.